The molecule has 0 radical (unpaired) electrons. The minimum Gasteiger partial charge on any atom is -0.464 e. The number of anilines is 1. The lowest BCUT2D eigenvalue weighted by atomic mass is 10.0. The molecule has 0 spiro atoms. The maximum Gasteiger partial charge on any atom is 0.353 e. The van der Waals surface area contributed by atoms with Crippen LogP contribution in [0, 0.1) is 5.92 Å². The number of methoxy groups -OCH3 is 1. The van der Waals surface area contributed by atoms with Crippen LogP contribution in [-0.2, 0) is 19.1 Å². The van der Waals surface area contributed by atoms with Crippen LogP contribution in [0.5, 0.6) is 0 Å². The largest absolute Gasteiger partial charge is 0.464 e. The maximum absolute atomic E-state index is 12.5. The number of thiazole rings is 1. The van der Waals surface area contributed by atoms with Gasteiger partial charge in [-0.2, -0.15) is 0 Å². The molecular formula is C24H34ClN5O5S. The van der Waals surface area contributed by atoms with Gasteiger partial charge in [0.15, 0.2) is 5.13 Å². The molecular weight excluding hydrogens is 506 g/mol. The van der Waals surface area contributed by atoms with Gasteiger partial charge in [-0.3, -0.25) is 14.4 Å². The number of aromatic nitrogens is 1. The first-order valence-electron chi connectivity index (χ1n) is 11.9. The van der Waals surface area contributed by atoms with E-state index in [1.54, 1.807) is 5.38 Å². The number of carbonyl (C=O) groups is 4. The van der Waals surface area contributed by atoms with Gasteiger partial charge in [0.05, 0.1) is 12.8 Å². The number of alkyl halides is 1. The Morgan fingerprint density at radius 3 is 2.64 bits per heavy atom. The third-order valence-electron chi connectivity index (χ3n) is 5.70. The Morgan fingerprint density at radius 1 is 1.14 bits per heavy atom. The molecule has 36 heavy (non-hydrogen) atoms. The maximum atomic E-state index is 12.5. The Labute approximate surface area is 220 Å². The van der Waals surface area contributed by atoms with Gasteiger partial charge in [0.25, 0.3) is 11.8 Å². The summed E-state index contributed by atoms with van der Waals surface area (Å²) in [4.78, 5) is 54.6. The molecule has 0 saturated carbocycles. The molecule has 1 saturated heterocycles. The van der Waals surface area contributed by atoms with E-state index < -0.39 is 17.8 Å². The number of halogens is 1. The second-order valence-corrected chi connectivity index (χ2v) is 9.67. The van der Waals surface area contributed by atoms with Crippen molar-refractivity contribution in [3.8, 4) is 0 Å². The molecule has 10 nitrogen and oxygen atoms in total. The van der Waals surface area contributed by atoms with Gasteiger partial charge in [-0.05, 0) is 38.0 Å². The van der Waals surface area contributed by atoms with E-state index in [4.69, 9.17) is 11.6 Å². The summed E-state index contributed by atoms with van der Waals surface area (Å²) in [5.41, 5.74) is -0.355. The van der Waals surface area contributed by atoms with Crippen molar-refractivity contribution in [3.63, 3.8) is 0 Å². The number of amides is 3. The third kappa shape index (κ3) is 9.62. The van der Waals surface area contributed by atoms with Crippen LogP contribution in [0.25, 0.3) is 0 Å². The molecule has 0 aromatic carbocycles. The molecule has 12 heteroatoms. The number of nitrogens with zero attached hydrogens (tertiary/aromatic N) is 2. The van der Waals surface area contributed by atoms with Crippen molar-refractivity contribution in [2.24, 2.45) is 5.92 Å². The Morgan fingerprint density at radius 2 is 1.92 bits per heavy atom. The van der Waals surface area contributed by atoms with Crippen molar-refractivity contribution in [2.75, 3.05) is 37.5 Å². The van der Waals surface area contributed by atoms with Crippen LogP contribution in [0.15, 0.2) is 29.9 Å². The van der Waals surface area contributed by atoms with Crippen molar-refractivity contribution in [1.29, 1.82) is 0 Å². The first-order valence-corrected chi connectivity index (χ1v) is 13.3. The fourth-order valence-electron chi connectivity index (χ4n) is 3.62. The summed E-state index contributed by atoms with van der Waals surface area (Å²) in [6.07, 6.45) is 6.17. The second-order valence-electron chi connectivity index (χ2n) is 8.46. The van der Waals surface area contributed by atoms with Crippen LogP contribution in [0.4, 0.5) is 5.13 Å². The Kier molecular flexibility index (Phi) is 12.4. The number of esters is 1. The fourth-order valence-corrected chi connectivity index (χ4v) is 4.67. The average Bonchev–Trinajstić information content (AvgIpc) is 3.24. The van der Waals surface area contributed by atoms with Crippen molar-refractivity contribution in [3.05, 3.63) is 35.6 Å². The van der Waals surface area contributed by atoms with Gasteiger partial charge < -0.3 is 25.6 Å². The first-order chi connectivity index (χ1) is 17.2. The van der Waals surface area contributed by atoms with E-state index in [1.807, 2.05) is 0 Å². The predicted molar refractivity (Wildman–Crippen MR) is 140 cm³/mol. The minimum absolute atomic E-state index is 0.0890. The van der Waals surface area contributed by atoms with E-state index in [-0.39, 0.29) is 23.0 Å². The Bertz CT molecular complexity index is 966. The molecule has 2 rings (SSSR count). The molecule has 2 heterocycles. The van der Waals surface area contributed by atoms with Crippen LogP contribution in [-0.4, -0.2) is 61.3 Å². The second kappa shape index (κ2) is 15.2. The van der Waals surface area contributed by atoms with Gasteiger partial charge in [0.1, 0.15) is 11.4 Å². The summed E-state index contributed by atoms with van der Waals surface area (Å²) in [5.74, 6) is -1.05. The molecule has 1 aliphatic rings. The lowest BCUT2D eigenvalue weighted by Gasteiger charge is -2.19. The zero-order valence-corrected chi connectivity index (χ0v) is 22.1. The molecule has 1 aromatic heterocycles. The highest BCUT2D eigenvalue weighted by Gasteiger charge is 2.22. The lowest BCUT2D eigenvalue weighted by molar-refractivity contribution is -0.137. The van der Waals surface area contributed by atoms with Crippen LogP contribution in [0.1, 0.15) is 55.4 Å². The Balaban J connectivity index is 1.80. The zero-order chi connectivity index (χ0) is 26.5. The molecule has 198 valence electrons. The van der Waals surface area contributed by atoms with Crippen LogP contribution < -0.4 is 20.9 Å². The van der Waals surface area contributed by atoms with Gasteiger partial charge in [-0.1, -0.05) is 19.6 Å². The summed E-state index contributed by atoms with van der Waals surface area (Å²) in [6, 6.07) is 0. The van der Waals surface area contributed by atoms with Gasteiger partial charge in [0.2, 0.25) is 5.91 Å². The monoisotopic (exact) mass is 539 g/mol. The molecule has 1 atom stereocenters. The van der Waals surface area contributed by atoms with Crippen molar-refractivity contribution < 1.29 is 23.9 Å². The molecule has 1 aromatic rings. The van der Waals surface area contributed by atoms with E-state index in [0.717, 1.165) is 63.9 Å². The standard InChI is InChI=1S/C24H34ClN5O5S/c1-16(21(32)28-17(2)23(34)35-3)27-22(33)19-15-36-24(29-19)30-12-7-8-18(10-13-30)14-26-20(31)9-5-4-6-11-25/h15,18H,1-2,4-14H2,3H3,(H,26,31)(H,27,33)(H,28,32). The summed E-state index contributed by atoms with van der Waals surface area (Å²) in [5, 5.41) is 9.98. The number of nitrogens with one attached hydrogen (secondary N) is 3. The van der Waals surface area contributed by atoms with Gasteiger partial charge >= 0.3 is 5.97 Å². The highest BCUT2D eigenvalue weighted by atomic mass is 35.5. The van der Waals surface area contributed by atoms with E-state index in [1.165, 1.54) is 11.3 Å². The number of carbonyl (C=O) groups excluding carboxylic acids is 4. The number of hydrogen-bond donors (Lipinski definition) is 3. The summed E-state index contributed by atoms with van der Waals surface area (Å²) < 4.78 is 4.46. The number of hydrogen-bond acceptors (Lipinski definition) is 8. The van der Waals surface area contributed by atoms with Gasteiger partial charge in [-0.25, -0.2) is 9.78 Å². The van der Waals surface area contributed by atoms with Crippen molar-refractivity contribution >= 4 is 51.8 Å². The third-order valence-corrected chi connectivity index (χ3v) is 6.87. The Hall–Kier alpha value is -2.92. The quantitative estimate of drug-likeness (QED) is 0.152. The van der Waals surface area contributed by atoms with Gasteiger partial charge in [-0.15, -0.1) is 22.9 Å². The van der Waals surface area contributed by atoms with E-state index in [2.05, 4.69) is 43.7 Å². The number of unbranched alkanes of at least 4 members (excludes halogenated alkanes) is 2. The molecule has 1 unspecified atom stereocenters. The summed E-state index contributed by atoms with van der Waals surface area (Å²) in [7, 11) is 1.16. The van der Waals surface area contributed by atoms with Crippen molar-refractivity contribution in [2.45, 2.75) is 44.9 Å². The van der Waals surface area contributed by atoms with E-state index >= 15 is 0 Å². The fraction of sp³-hybridized carbons (Fsp3) is 0.542. The van der Waals surface area contributed by atoms with Crippen LogP contribution in [0.3, 0.4) is 0 Å². The number of rotatable bonds is 13. The van der Waals surface area contributed by atoms with E-state index in [9.17, 15) is 19.2 Å². The van der Waals surface area contributed by atoms with Crippen molar-refractivity contribution in [1.82, 2.24) is 20.9 Å². The smallest absolute Gasteiger partial charge is 0.353 e. The summed E-state index contributed by atoms with van der Waals surface area (Å²) >= 11 is 7.01. The topological polar surface area (TPSA) is 130 Å². The number of ether oxygens (including phenoxy) is 1. The van der Waals surface area contributed by atoms with Crippen LogP contribution >= 0.6 is 22.9 Å². The molecule has 3 N–H and O–H groups in total. The zero-order valence-electron chi connectivity index (χ0n) is 20.6. The first kappa shape index (κ1) is 29.3. The molecule has 1 aliphatic heterocycles. The minimum atomic E-state index is -0.799. The molecule has 1 fully saturated rings. The van der Waals surface area contributed by atoms with Crippen LogP contribution in [0.2, 0.25) is 0 Å². The molecule has 0 bridgehead atoms. The highest BCUT2D eigenvalue weighted by Crippen LogP contribution is 2.25. The summed E-state index contributed by atoms with van der Waals surface area (Å²) in [6.45, 7) is 9.16. The normalized spacial score (nSPS) is 15.4. The highest BCUT2D eigenvalue weighted by molar-refractivity contribution is 7.13. The predicted octanol–water partition coefficient (Wildman–Crippen LogP) is 2.71. The molecule has 0 aliphatic carbocycles. The van der Waals surface area contributed by atoms with E-state index in [0.29, 0.717) is 24.8 Å². The molecule has 3 amide bonds. The average molecular weight is 540 g/mol. The SMILES string of the molecule is C=C(NC(=O)c1csc(N2CCCC(CNC(=O)CCCCCCl)CC2)n1)C(=O)NC(=C)C(=O)OC. The van der Waals surface area contributed by atoms with Gasteiger partial charge in [0, 0.05) is 37.3 Å². The lowest BCUT2D eigenvalue weighted by Crippen LogP contribution is -2.35.